The van der Waals surface area contributed by atoms with Gasteiger partial charge in [-0.2, -0.15) is 0 Å². The van der Waals surface area contributed by atoms with Crippen molar-refractivity contribution in [1.82, 2.24) is 0 Å². The molecular formula is C24H42O4Zn. The van der Waals surface area contributed by atoms with E-state index >= 15 is 0 Å². The molecule has 0 heterocycles. The van der Waals surface area contributed by atoms with Crippen molar-refractivity contribution in [2.75, 3.05) is 0 Å². The van der Waals surface area contributed by atoms with Gasteiger partial charge < -0.3 is 19.8 Å². The van der Waals surface area contributed by atoms with Crippen molar-refractivity contribution in [3.05, 3.63) is 24.3 Å². The Kier molecular flexibility index (Phi) is 33.0. The molecule has 0 unspecified atom stereocenters. The maximum atomic E-state index is 10.1. The predicted octanol–water partition coefficient (Wildman–Crippen LogP) is 4.86. The molecule has 0 atom stereocenters. The first-order valence-electron chi connectivity index (χ1n) is 11.2. The second-order valence-electron chi connectivity index (χ2n) is 7.12. The molecule has 0 bridgehead atoms. The van der Waals surface area contributed by atoms with Crippen LogP contribution in [0.25, 0.3) is 0 Å². The van der Waals surface area contributed by atoms with Gasteiger partial charge in [0.25, 0.3) is 0 Å². The van der Waals surface area contributed by atoms with Crippen LogP contribution in [-0.4, -0.2) is 11.9 Å². The van der Waals surface area contributed by atoms with Crippen molar-refractivity contribution in [3.8, 4) is 0 Å². The van der Waals surface area contributed by atoms with E-state index in [-0.39, 0.29) is 32.3 Å². The van der Waals surface area contributed by atoms with Gasteiger partial charge in [-0.3, -0.25) is 0 Å². The summed E-state index contributed by atoms with van der Waals surface area (Å²) in [5.41, 5.74) is 0. The molecule has 0 amide bonds. The molecule has 0 spiro atoms. The van der Waals surface area contributed by atoms with E-state index in [1.54, 1.807) is 0 Å². The number of carbonyl (C=O) groups excluding carboxylic acids is 2. The van der Waals surface area contributed by atoms with Crippen molar-refractivity contribution in [2.45, 2.75) is 117 Å². The normalized spacial score (nSPS) is 10.6. The summed E-state index contributed by atoms with van der Waals surface area (Å²) < 4.78 is 0. The molecule has 0 aliphatic rings. The van der Waals surface area contributed by atoms with Crippen LogP contribution < -0.4 is 10.2 Å². The van der Waals surface area contributed by atoms with Gasteiger partial charge in [-0.15, -0.1) is 0 Å². The van der Waals surface area contributed by atoms with E-state index in [2.05, 4.69) is 38.2 Å². The molecule has 0 N–H and O–H groups in total. The molecule has 0 aromatic carbocycles. The van der Waals surface area contributed by atoms with E-state index in [1.807, 2.05) is 0 Å². The van der Waals surface area contributed by atoms with Gasteiger partial charge in [-0.1, -0.05) is 76.7 Å². The third-order valence-electron chi connectivity index (χ3n) is 4.31. The monoisotopic (exact) mass is 458 g/mol. The van der Waals surface area contributed by atoms with E-state index in [0.29, 0.717) is 0 Å². The van der Waals surface area contributed by atoms with E-state index < -0.39 is 11.9 Å². The summed E-state index contributed by atoms with van der Waals surface area (Å²) in [6, 6.07) is 0. The average Bonchev–Trinajstić information content (AvgIpc) is 2.65. The molecule has 5 heteroatoms. The Hall–Kier alpha value is -0.957. The Morgan fingerprint density at radius 2 is 0.862 bits per heavy atom. The van der Waals surface area contributed by atoms with E-state index in [0.717, 1.165) is 64.2 Å². The van der Waals surface area contributed by atoms with Crippen molar-refractivity contribution >= 4 is 11.9 Å². The minimum Gasteiger partial charge on any atom is -0.550 e. The molecule has 29 heavy (non-hydrogen) atoms. The second kappa shape index (κ2) is 29.2. The number of aliphatic carboxylic acids is 2. The zero-order valence-corrected chi connectivity index (χ0v) is 21.9. The first-order valence-corrected chi connectivity index (χ1v) is 11.2. The number of carbonyl (C=O) groups is 2. The maximum absolute atomic E-state index is 10.1. The van der Waals surface area contributed by atoms with Crippen LogP contribution in [0.4, 0.5) is 0 Å². The van der Waals surface area contributed by atoms with Gasteiger partial charge in [0.2, 0.25) is 0 Å². The minimum atomic E-state index is -0.920. The van der Waals surface area contributed by atoms with Gasteiger partial charge in [-0.05, 0) is 64.2 Å². The molecule has 0 aliphatic carbocycles. The standard InChI is InChI=1S/2C12H22O2.Zn/c2*1-2-3-4-5-6-7-8-9-10-11-12(13)14;/h2*3-4H,2,5-11H2,1H3,(H,13,14);/q;;+2/p-2. The molecule has 0 saturated carbocycles. The van der Waals surface area contributed by atoms with Gasteiger partial charge in [0.1, 0.15) is 0 Å². The first kappa shape index (κ1) is 32.7. The third-order valence-corrected chi connectivity index (χ3v) is 4.31. The average molecular weight is 460 g/mol. The van der Waals surface area contributed by atoms with Crippen LogP contribution >= 0.6 is 0 Å². The molecule has 0 aromatic heterocycles. The Morgan fingerprint density at radius 1 is 0.552 bits per heavy atom. The van der Waals surface area contributed by atoms with Crippen molar-refractivity contribution in [1.29, 1.82) is 0 Å². The zero-order valence-electron chi connectivity index (χ0n) is 19.0. The van der Waals surface area contributed by atoms with Gasteiger partial charge in [-0.25, -0.2) is 0 Å². The largest absolute Gasteiger partial charge is 2.00 e. The number of hydrogen-bond acceptors (Lipinski definition) is 4. The zero-order chi connectivity index (χ0) is 21.3. The molecular weight excluding hydrogens is 418 g/mol. The molecule has 0 saturated heterocycles. The van der Waals surface area contributed by atoms with Crippen LogP contribution in [0.15, 0.2) is 24.3 Å². The number of carboxylic acid groups (broad SMARTS) is 2. The van der Waals surface area contributed by atoms with Gasteiger partial charge in [0.05, 0.1) is 0 Å². The summed E-state index contributed by atoms with van der Waals surface area (Å²) in [7, 11) is 0. The molecule has 0 rings (SSSR count). The number of unbranched alkanes of at least 4 members (excludes halogenated alkanes) is 10. The van der Waals surface area contributed by atoms with Crippen LogP contribution in [-0.2, 0) is 29.1 Å². The van der Waals surface area contributed by atoms with E-state index in [1.165, 1.54) is 25.7 Å². The van der Waals surface area contributed by atoms with E-state index in [9.17, 15) is 19.8 Å². The minimum absolute atomic E-state index is 0. The Morgan fingerprint density at radius 3 is 1.17 bits per heavy atom. The van der Waals surface area contributed by atoms with Crippen molar-refractivity contribution in [2.24, 2.45) is 0 Å². The topological polar surface area (TPSA) is 80.3 Å². The molecule has 0 radical (unpaired) electrons. The fourth-order valence-corrected chi connectivity index (χ4v) is 2.69. The summed E-state index contributed by atoms with van der Waals surface area (Å²) in [5, 5.41) is 20.2. The summed E-state index contributed by atoms with van der Waals surface area (Å²) in [6.45, 7) is 4.27. The Balaban J connectivity index is -0.000000451. The Bertz CT molecular complexity index is 368. The molecule has 164 valence electrons. The first-order chi connectivity index (χ1) is 13.5. The second-order valence-corrected chi connectivity index (χ2v) is 7.12. The summed E-state index contributed by atoms with van der Waals surface area (Å²) >= 11 is 0. The smallest absolute Gasteiger partial charge is 0.550 e. The SMILES string of the molecule is CCC=CCCCCCCCC(=O)[O-].CCC=CCCCCCCCC(=O)[O-].[Zn+2]. The number of carboxylic acids is 2. The molecule has 0 fully saturated rings. The summed E-state index contributed by atoms with van der Waals surface area (Å²) in [4.78, 5) is 20.2. The molecule has 0 aliphatic heterocycles. The van der Waals surface area contributed by atoms with Crippen molar-refractivity contribution < 1.29 is 39.3 Å². The molecule has 4 nitrogen and oxygen atoms in total. The Labute approximate surface area is 192 Å². The van der Waals surface area contributed by atoms with Crippen LogP contribution in [0.5, 0.6) is 0 Å². The van der Waals surface area contributed by atoms with Crippen LogP contribution in [0.3, 0.4) is 0 Å². The van der Waals surface area contributed by atoms with Crippen LogP contribution in [0.2, 0.25) is 0 Å². The van der Waals surface area contributed by atoms with Crippen molar-refractivity contribution in [3.63, 3.8) is 0 Å². The summed E-state index contributed by atoms with van der Waals surface area (Å²) in [5.74, 6) is -1.84. The maximum Gasteiger partial charge on any atom is 2.00 e. The fraction of sp³-hybridized carbons (Fsp3) is 0.750. The number of rotatable bonds is 18. The van der Waals surface area contributed by atoms with Gasteiger partial charge in [0.15, 0.2) is 0 Å². The fourth-order valence-electron chi connectivity index (χ4n) is 2.69. The van der Waals surface area contributed by atoms with Crippen LogP contribution in [0, 0.1) is 0 Å². The third kappa shape index (κ3) is 38.3. The van der Waals surface area contributed by atoms with Gasteiger partial charge in [0, 0.05) is 11.9 Å². The number of hydrogen-bond donors (Lipinski definition) is 0. The van der Waals surface area contributed by atoms with Crippen LogP contribution in [0.1, 0.15) is 117 Å². The number of allylic oxidation sites excluding steroid dienone is 4. The predicted molar refractivity (Wildman–Crippen MR) is 114 cm³/mol. The quantitative estimate of drug-likeness (QED) is 0.166. The van der Waals surface area contributed by atoms with E-state index in [4.69, 9.17) is 0 Å². The summed E-state index contributed by atoms with van der Waals surface area (Å²) in [6.07, 6.45) is 24.6. The van der Waals surface area contributed by atoms with Gasteiger partial charge >= 0.3 is 19.5 Å². The molecule has 0 aromatic rings.